The van der Waals surface area contributed by atoms with Gasteiger partial charge in [-0.05, 0) is 48.6 Å². The third kappa shape index (κ3) is 4.04. The molecule has 0 bridgehead atoms. The molecule has 0 spiro atoms. The van der Waals surface area contributed by atoms with Crippen molar-refractivity contribution in [3.63, 3.8) is 0 Å². The minimum absolute atomic E-state index is 0.0241. The molecule has 5 nitrogen and oxygen atoms in total. The molecule has 0 amide bonds. The Bertz CT molecular complexity index is 1960. The molecule has 1 unspecified atom stereocenters. The molecule has 3 aromatic carbocycles. The maximum Gasteiger partial charge on any atom is 0.271 e. The van der Waals surface area contributed by atoms with Gasteiger partial charge in [0.2, 0.25) is 0 Å². The monoisotopic (exact) mass is 528 g/mol. The Balaban J connectivity index is 1.35. The summed E-state index contributed by atoms with van der Waals surface area (Å²) < 4.78 is 8.52. The van der Waals surface area contributed by atoms with E-state index in [0.29, 0.717) is 26.4 Å². The predicted molar refractivity (Wildman–Crippen MR) is 153 cm³/mol. The number of thiazole rings is 1. The number of carbonyl (C=O) groups excluding carboxylic acids is 1. The normalized spacial score (nSPS) is 16.3. The van der Waals surface area contributed by atoms with Crippen LogP contribution in [0.4, 0.5) is 0 Å². The topological polar surface area (TPSA) is 64.6 Å². The summed E-state index contributed by atoms with van der Waals surface area (Å²) in [5.41, 5.74) is 7.18. The van der Waals surface area contributed by atoms with Gasteiger partial charge in [0.05, 0.1) is 16.3 Å². The van der Waals surface area contributed by atoms with Crippen LogP contribution < -0.4 is 14.9 Å². The summed E-state index contributed by atoms with van der Waals surface area (Å²) in [5.74, 6) is 1.30. The van der Waals surface area contributed by atoms with Gasteiger partial charge in [-0.3, -0.25) is 14.2 Å². The van der Waals surface area contributed by atoms with Crippen molar-refractivity contribution in [1.82, 2.24) is 4.57 Å². The van der Waals surface area contributed by atoms with Crippen molar-refractivity contribution in [3.8, 4) is 11.3 Å². The smallest absolute Gasteiger partial charge is 0.271 e. The van der Waals surface area contributed by atoms with Crippen molar-refractivity contribution in [1.29, 1.82) is 0 Å². The first kappa shape index (κ1) is 23.6. The van der Waals surface area contributed by atoms with Crippen LogP contribution in [0.3, 0.4) is 0 Å². The Labute approximate surface area is 228 Å². The van der Waals surface area contributed by atoms with Crippen LogP contribution in [0.2, 0.25) is 0 Å². The Hall–Kier alpha value is -4.55. The molecule has 6 heteroatoms. The molecule has 1 aliphatic carbocycles. The molecule has 0 saturated heterocycles. The van der Waals surface area contributed by atoms with Crippen LogP contribution in [0.15, 0.2) is 111 Å². The summed E-state index contributed by atoms with van der Waals surface area (Å²) in [7, 11) is 0. The van der Waals surface area contributed by atoms with Crippen molar-refractivity contribution >= 4 is 28.9 Å². The van der Waals surface area contributed by atoms with E-state index in [1.807, 2.05) is 47.0 Å². The third-order valence-corrected chi connectivity index (χ3v) is 8.45. The van der Waals surface area contributed by atoms with Crippen molar-refractivity contribution in [2.45, 2.75) is 25.8 Å². The number of rotatable bonds is 4. The summed E-state index contributed by atoms with van der Waals surface area (Å²) >= 11 is 1.39. The van der Waals surface area contributed by atoms with E-state index < -0.39 is 0 Å². The molecule has 0 fully saturated rings. The van der Waals surface area contributed by atoms with Gasteiger partial charge in [0.15, 0.2) is 10.6 Å². The van der Waals surface area contributed by atoms with Crippen molar-refractivity contribution in [3.05, 3.63) is 144 Å². The lowest BCUT2D eigenvalue weighted by Gasteiger charge is -2.30. The molecule has 1 aliphatic heterocycles. The van der Waals surface area contributed by atoms with Crippen LogP contribution in [0, 0.1) is 0 Å². The Morgan fingerprint density at radius 2 is 1.72 bits per heavy atom. The first-order chi connectivity index (χ1) is 19.1. The van der Waals surface area contributed by atoms with E-state index in [-0.39, 0.29) is 17.4 Å². The van der Waals surface area contributed by atoms with Gasteiger partial charge in [0, 0.05) is 22.8 Å². The van der Waals surface area contributed by atoms with E-state index in [2.05, 4.69) is 36.4 Å². The number of allylic oxidation sites excluding steroid dienone is 1. The number of furan rings is 1. The van der Waals surface area contributed by atoms with E-state index in [9.17, 15) is 9.59 Å². The number of carbonyl (C=O) groups is 1. The molecule has 7 rings (SSSR count). The van der Waals surface area contributed by atoms with Crippen LogP contribution in [-0.4, -0.2) is 10.4 Å². The molecule has 0 saturated carbocycles. The SMILES string of the molecule is CC(=O)c1ccc(-c2ccc(/C=c3/sc4n(c3=O)C(c3ccccc3)C3=C(N=4)c4ccccc4CC3)o2)cc1. The minimum Gasteiger partial charge on any atom is -0.457 e. The zero-order valence-electron chi connectivity index (χ0n) is 21.3. The zero-order chi connectivity index (χ0) is 26.5. The van der Waals surface area contributed by atoms with Crippen molar-refractivity contribution in [2.24, 2.45) is 4.99 Å². The lowest BCUT2D eigenvalue weighted by atomic mass is 9.83. The molecule has 3 heterocycles. The number of ketones is 1. The summed E-state index contributed by atoms with van der Waals surface area (Å²) in [6, 6.07) is 29.5. The van der Waals surface area contributed by atoms with Gasteiger partial charge in [-0.1, -0.05) is 90.2 Å². The Kier molecular flexibility index (Phi) is 5.63. The molecule has 2 aliphatic rings. The highest BCUT2D eigenvalue weighted by Crippen LogP contribution is 2.41. The van der Waals surface area contributed by atoms with E-state index in [1.54, 1.807) is 25.1 Å². The van der Waals surface area contributed by atoms with Gasteiger partial charge in [0.25, 0.3) is 5.56 Å². The fraction of sp³-hybridized carbons (Fsp3) is 0.121. The van der Waals surface area contributed by atoms with E-state index in [1.165, 1.54) is 22.5 Å². The van der Waals surface area contributed by atoms with Crippen LogP contribution in [0.1, 0.15) is 52.2 Å². The number of nitrogens with zero attached hydrogens (tertiary/aromatic N) is 2. The highest BCUT2D eigenvalue weighted by molar-refractivity contribution is 7.07. The van der Waals surface area contributed by atoms with Gasteiger partial charge in [-0.2, -0.15) is 0 Å². The quantitative estimate of drug-likeness (QED) is 0.278. The van der Waals surface area contributed by atoms with Crippen molar-refractivity contribution in [2.75, 3.05) is 0 Å². The number of aromatic nitrogens is 1. The van der Waals surface area contributed by atoms with Gasteiger partial charge in [0.1, 0.15) is 11.5 Å². The molecule has 1 atom stereocenters. The van der Waals surface area contributed by atoms with E-state index in [0.717, 1.165) is 35.2 Å². The first-order valence-corrected chi connectivity index (χ1v) is 13.8. The third-order valence-electron chi connectivity index (χ3n) is 7.46. The number of Topliss-reactive ketones (excluding diaryl/α,β-unsaturated/α-hetero) is 1. The van der Waals surface area contributed by atoms with Crippen LogP contribution in [0.25, 0.3) is 23.1 Å². The fourth-order valence-corrected chi connectivity index (χ4v) is 6.52. The second-order valence-corrected chi connectivity index (χ2v) is 10.9. The van der Waals surface area contributed by atoms with Gasteiger partial charge < -0.3 is 4.42 Å². The molecule has 0 N–H and O–H groups in total. The van der Waals surface area contributed by atoms with Gasteiger partial charge in [-0.25, -0.2) is 4.99 Å². The maximum absolute atomic E-state index is 13.9. The number of hydrogen-bond acceptors (Lipinski definition) is 5. The van der Waals surface area contributed by atoms with Gasteiger partial charge in [-0.15, -0.1) is 0 Å². The molecular weight excluding hydrogens is 504 g/mol. The van der Waals surface area contributed by atoms with Crippen LogP contribution in [0.5, 0.6) is 0 Å². The highest BCUT2D eigenvalue weighted by Gasteiger charge is 2.32. The summed E-state index contributed by atoms with van der Waals surface area (Å²) in [6.45, 7) is 1.55. The summed E-state index contributed by atoms with van der Waals surface area (Å²) in [5, 5.41) is 0. The lowest BCUT2D eigenvalue weighted by molar-refractivity contribution is 0.101. The lowest BCUT2D eigenvalue weighted by Crippen LogP contribution is -2.38. The molecule has 2 aromatic heterocycles. The average molecular weight is 529 g/mol. The molecule has 39 heavy (non-hydrogen) atoms. The second-order valence-electron chi connectivity index (χ2n) is 9.86. The molecular formula is C33H24N2O3S. The number of fused-ring (bicyclic) bond motifs is 3. The summed E-state index contributed by atoms with van der Waals surface area (Å²) in [4.78, 5) is 31.3. The Morgan fingerprint density at radius 3 is 2.51 bits per heavy atom. The highest BCUT2D eigenvalue weighted by atomic mass is 32.1. The zero-order valence-corrected chi connectivity index (χ0v) is 22.1. The van der Waals surface area contributed by atoms with E-state index >= 15 is 0 Å². The minimum atomic E-state index is -0.195. The Morgan fingerprint density at radius 1 is 0.949 bits per heavy atom. The fourth-order valence-electron chi connectivity index (χ4n) is 5.54. The number of hydrogen-bond donors (Lipinski definition) is 0. The maximum atomic E-state index is 13.9. The van der Waals surface area contributed by atoms with Crippen LogP contribution in [-0.2, 0) is 6.42 Å². The average Bonchev–Trinajstić information content (AvgIpc) is 3.56. The largest absolute Gasteiger partial charge is 0.457 e. The molecule has 190 valence electrons. The number of aryl methyl sites for hydroxylation is 1. The van der Waals surface area contributed by atoms with E-state index in [4.69, 9.17) is 9.41 Å². The standard InChI is InChI=1S/C33H24N2O3S/c1-20(36)21-11-13-23(14-12-21)28-18-16-25(38-28)19-29-32(37)35-31(24-8-3-2-4-9-24)27-17-15-22-7-5-6-10-26(22)30(27)34-33(35)39-29/h2-14,16,18-19,31H,15,17H2,1H3/b29-19+. The summed E-state index contributed by atoms with van der Waals surface area (Å²) in [6.07, 6.45) is 3.60. The molecule has 5 aromatic rings. The predicted octanol–water partition coefficient (Wildman–Crippen LogP) is 5.78. The molecule has 0 radical (unpaired) electrons. The first-order valence-electron chi connectivity index (χ1n) is 13.0. The van der Waals surface area contributed by atoms with Crippen molar-refractivity contribution < 1.29 is 9.21 Å². The van der Waals surface area contributed by atoms with Gasteiger partial charge >= 0.3 is 0 Å². The number of benzene rings is 3. The second kappa shape index (κ2) is 9.33. The van der Waals surface area contributed by atoms with Crippen LogP contribution >= 0.6 is 11.3 Å².